The summed E-state index contributed by atoms with van der Waals surface area (Å²) in [5.41, 5.74) is 0. The standard InChI is InChI=1S/C7H14N2S/c1-3-9(2)7(10)8-6-4-5-6/h6H,3-5H2,1-2H3,(H,8,10). The molecule has 0 amide bonds. The summed E-state index contributed by atoms with van der Waals surface area (Å²) in [6.45, 7) is 3.08. The molecule has 0 aromatic carbocycles. The second kappa shape index (κ2) is 3.19. The van der Waals surface area contributed by atoms with Gasteiger partial charge in [-0.05, 0) is 32.0 Å². The van der Waals surface area contributed by atoms with Crippen LogP contribution in [-0.2, 0) is 0 Å². The molecule has 2 nitrogen and oxygen atoms in total. The van der Waals surface area contributed by atoms with E-state index in [9.17, 15) is 0 Å². The maximum atomic E-state index is 5.11. The lowest BCUT2D eigenvalue weighted by Crippen LogP contribution is -2.37. The number of hydrogen-bond acceptors (Lipinski definition) is 1. The first-order chi connectivity index (χ1) is 4.74. The molecule has 0 unspecified atom stereocenters. The monoisotopic (exact) mass is 158 g/mol. The Hall–Kier alpha value is -0.310. The van der Waals surface area contributed by atoms with Crippen LogP contribution in [0.2, 0.25) is 0 Å². The van der Waals surface area contributed by atoms with E-state index in [1.54, 1.807) is 0 Å². The molecule has 0 bridgehead atoms. The topological polar surface area (TPSA) is 15.3 Å². The minimum atomic E-state index is 0.682. The van der Waals surface area contributed by atoms with Crippen LogP contribution in [0.25, 0.3) is 0 Å². The Balaban J connectivity index is 2.18. The molecule has 0 radical (unpaired) electrons. The molecule has 0 atom stereocenters. The number of rotatable bonds is 2. The first kappa shape index (κ1) is 7.79. The maximum Gasteiger partial charge on any atom is 0.168 e. The highest BCUT2D eigenvalue weighted by molar-refractivity contribution is 7.80. The third-order valence-corrected chi connectivity index (χ3v) is 2.16. The molecule has 1 fully saturated rings. The van der Waals surface area contributed by atoms with Crippen molar-refractivity contribution in [1.82, 2.24) is 10.2 Å². The zero-order chi connectivity index (χ0) is 7.56. The van der Waals surface area contributed by atoms with E-state index in [-0.39, 0.29) is 0 Å². The van der Waals surface area contributed by atoms with Crippen molar-refractivity contribution in [2.24, 2.45) is 0 Å². The minimum Gasteiger partial charge on any atom is -0.360 e. The largest absolute Gasteiger partial charge is 0.360 e. The highest BCUT2D eigenvalue weighted by Crippen LogP contribution is 2.18. The van der Waals surface area contributed by atoms with Gasteiger partial charge in [-0.2, -0.15) is 0 Å². The molecular weight excluding hydrogens is 144 g/mol. The third kappa shape index (κ3) is 2.14. The summed E-state index contributed by atoms with van der Waals surface area (Å²) < 4.78 is 0. The second-order valence-electron chi connectivity index (χ2n) is 2.74. The van der Waals surface area contributed by atoms with Gasteiger partial charge in [-0.25, -0.2) is 0 Å². The van der Waals surface area contributed by atoms with Crippen molar-refractivity contribution in [2.75, 3.05) is 13.6 Å². The van der Waals surface area contributed by atoms with Gasteiger partial charge >= 0.3 is 0 Å². The first-order valence-electron chi connectivity index (χ1n) is 3.75. The molecule has 0 aliphatic heterocycles. The van der Waals surface area contributed by atoms with Crippen molar-refractivity contribution in [3.63, 3.8) is 0 Å². The van der Waals surface area contributed by atoms with Gasteiger partial charge in [0.1, 0.15) is 0 Å². The van der Waals surface area contributed by atoms with Crippen LogP contribution in [0.5, 0.6) is 0 Å². The van der Waals surface area contributed by atoms with Crippen molar-refractivity contribution in [2.45, 2.75) is 25.8 Å². The fourth-order valence-electron chi connectivity index (χ4n) is 0.656. The molecule has 0 aromatic rings. The number of thiocarbonyl (C=S) groups is 1. The lowest BCUT2D eigenvalue weighted by molar-refractivity contribution is 0.521. The molecule has 0 spiro atoms. The molecule has 1 aliphatic rings. The van der Waals surface area contributed by atoms with Crippen LogP contribution >= 0.6 is 12.2 Å². The molecule has 1 aliphatic carbocycles. The molecular formula is C7H14N2S. The summed E-state index contributed by atoms with van der Waals surface area (Å²) in [7, 11) is 2.01. The van der Waals surface area contributed by atoms with Crippen LogP contribution in [0, 0.1) is 0 Å². The predicted molar refractivity (Wildman–Crippen MR) is 47.1 cm³/mol. The quantitative estimate of drug-likeness (QED) is 0.603. The van der Waals surface area contributed by atoms with Crippen LogP contribution in [0.15, 0.2) is 0 Å². The molecule has 1 rings (SSSR count). The molecule has 1 N–H and O–H groups in total. The van der Waals surface area contributed by atoms with Gasteiger partial charge in [-0.15, -0.1) is 0 Å². The Morgan fingerprint density at radius 1 is 1.70 bits per heavy atom. The second-order valence-corrected chi connectivity index (χ2v) is 3.12. The lowest BCUT2D eigenvalue weighted by atomic mass is 10.6. The van der Waals surface area contributed by atoms with E-state index in [1.165, 1.54) is 12.8 Å². The molecule has 1 saturated carbocycles. The van der Waals surface area contributed by atoms with Gasteiger partial charge in [0.2, 0.25) is 0 Å². The summed E-state index contributed by atoms with van der Waals surface area (Å²) in [6.07, 6.45) is 2.58. The van der Waals surface area contributed by atoms with Crippen LogP contribution < -0.4 is 5.32 Å². The molecule has 58 valence electrons. The van der Waals surface area contributed by atoms with Gasteiger partial charge in [-0.1, -0.05) is 0 Å². The smallest absolute Gasteiger partial charge is 0.168 e. The predicted octanol–water partition coefficient (Wildman–Crippen LogP) is 0.975. The normalized spacial score (nSPS) is 16.6. The molecule has 0 heterocycles. The highest BCUT2D eigenvalue weighted by Gasteiger charge is 2.22. The average Bonchev–Trinajstić information content (AvgIpc) is 2.70. The summed E-state index contributed by atoms with van der Waals surface area (Å²) in [4.78, 5) is 2.05. The van der Waals surface area contributed by atoms with Crippen molar-refractivity contribution in [3.05, 3.63) is 0 Å². The van der Waals surface area contributed by atoms with E-state index in [0.717, 1.165) is 11.7 Å². The van der Waals surface area contributed by atoms with Crippen molar-refractivity contribution >= 4 is 17.3 Å². The van der Waals surface area contributed by atoms with Crippen LogP contribution in [0.1, 0.15) is 19.8 Å². The molecule has 3 heteroatoms. The number of hydrogen-bond donors (Lipinski definition) is 1. The van der Waals surface area contributed by atoms with Gasteiger partial charge in [-0.3, -0.25) is 0 Å². The summed E-state index contributed by atoms with van der Waals surface area (Å²) in [5.74, 6) is 0. The van der Waals surface area contributed by atoms with Crippen LogP contribution in [-0.4, -0.2) is 29.6 Å². The Kier molecular flexibility index (Phi) is 2.49. The van der Waals surface area contributed by atoms with E-state index >= 15 is 0 Å². The highest BCUT2D eigenvalue weighted by atomic mass is 32.1. The fraction of sp³-hybridized carbons (Fsp3) is 0.857. The van der Waals surface area contributed by atoms with Gasteiger partial charge in [0, 0.05) is 19.6 Å². The van der Waals surface area contributed by atoms with E-state index in [2.05, 4.69) is 12.2 Å². The third-order valence-electron chi connectivity index (χ3n) is 1.73. The van der Waals surface area contributed by atoms with Crippen LogP contribution in [0.3, 0.4) is 0 Å². The average molecular weight is 158 g/mol. The first-order valence-corrected chi connectivity index (χ1v) is 4.16. The Morgan fingerprint density at radius 3 is 2.70 bits per heavy atom. The van der Waals surface area contributed by atoms with E-state index in [1.807, 2.05) is 11.9 Å². The van der Waals surface area contributed by atoms with E-state index in [4.69, 9.17) is 12.2 Å². The number of nitrogens with one attached hydrogen (secondary N) is 1. The van der Waals surface area contributed by atoms with E-state index in [0.29, 0.717) is 6.04 Å². The summed E-state index contributed by atoms with van der Waals surface area (Å²) in [5, 5.41) is 4.16. The lowest BCUT2D eigenvalue weighted by Gasteiger charge is -2.18. The van der Waals surface area contributed by atoms with E-state index < -0.39 is 0 Å². The van der Waals surface area contributed by atoms with Crippen LogP contribution in [0.4, 0.5) is 0 Å². The Morgan fingerprint density at radius 2 is 2.30 bits per heavy atom. The van der Waals surface area contributed by atoms with Gasteiger partial charge < -0.3 is 10.2 Å². The van der Waals surface area contributed by atoms with Crippen molar-refractivity contribution < 1.29 is 0 Å². The Labute approximate surface area is 67.6 Å². The molecule has 0 aromatic heterocycles. The van der Waals surface area contributed by atoms with Gasteiger partial charge in [0.05, 0.1) is 0 Å². The fourth-order valence-corrected chi connectivity index (χ4v) is 0.952. The SMILES string of the molecule is CCN(C)C(=S)NC1CC1. The summed E-state index contributed by atoms with van der Waals surface area (Å²) >= 11 is 5.11. The zero-order valence-corrected chi connectivity index (χ0v) is 7.37. The Bertz CT molecular complexity index is 132. The zero-order valence-electron chi connectivity index (χ0n) is 6.55. The van der Waals surface area contributed by atoms with Gasteiger partial charge in [0.25, 0.3) is 0 Å². The number of nitrogens with zero attached hydrogens (tertiary/aromatic N) is 1. The molecule has 0 saturated heterocycles. The van der Waals surface area contributed by atoms with Gasteiger partial charge in [0.15, 0.2) is 5.11 Å². The van der Waals surface area contributed by atoms with Crippen molar-refractivity contribution in [3.8, 4) is 0 Å². The molecule has 10 heavy (non-hydrogen) atoms. The maximum absolute atomic E-state index is 5.11. The van der Waals surface area contributed by atoms with Crippen molar-refractivity contribution in [1.29, 1.82) is 0 Å². The summed E-state index contributed by atoms with van der Waals surface area (Å²) in [6, 6.07) is 0.682. The minimum absolute atomic E-state index is 0.682.